The topological polar surface area (TPSA) is 55.0 Å². The Morgan fingerprint density at radius 1 is 1.35 bits per heavy atom. The molecule has 4 nitrogen and oxygen atoms in total. The monoisotopic (exact) mass is 232 g/mol. The van der Waals surface area contributed by atoms with Crippen LogP contribution in [0.1, 0.15) is 37.0 Å². The van der Waals surface area contributed by atoms with E-state index in [1.54, 1.807) is 0 Å². The van der Waals surface area contributed by atoms with Crippen LogP contribution >= 0.6 is 0 Å². The van der Waals surface area contributed by atoms with Crippen LogP contribution < -0.4 is 0 Å². The molecule has 0 fully saturated rings. The van der Waals surface area contributed by atoms with E-state index in [2.05, 4.69) is 9.97 Å². The van der Waals surface area contributed by atoms with Gasteiger partial charge in [0.1, 0.15) is 5.60 Å². The number of carbonyl (C=O) groups excluding carboxylic acids is 1. The number of para-hydroxylation sites is 1. The van der Waals surface area contributed by atoms with Gasteiger partial charge >= 0.3 is 5.97 Å². The van der Waals surface area contributed by atoms with Gasteiger partial charge < -0.3 is 9.72 Å². The SMILES string of the molecule is Cc1cccc2[nH]c(C(=O)OC(C)(C)C)nc12. The van der Waals surface area contributed by atoms with E-state index in [9.17, 15) is 4.79 Å². The second kappa shape index (κ2) is 3.87. The summed E-state index contributed by atoms with van der Waals surface area (Å²) in [5, 5.41) is 0. The van der Waals surface area contributed by atoms with E-state index >= 15 is 0 Å². The Morgan fingerprint density at radius 2 is 2.06 bits per heavy atom. The lowest BCUT2D eigenvalue weighted by Gasteiger charge is -2.18. The third kappa shape index (κ3) is 2.46. The van der Waals surface area contributed by atoms with Crippen molar-refractivity contribution in [1.82, 2.24) is 9.97 Å². The molecule has 2 aromatic rings. The van der Waals surface area contributed by atoms with E-state index in [-0.39, 0.29) is 5.82 Å². The van der Waals surface area contributed by atoms with Gasteiger partial charge in [-0.05, 0) is 39.3 Å². The number of esters is 1. The smallest absolute Gasteiger partial charge is 0.374 e. The van der Waals surface area contributed by atoms with Crippen LogP contribution in [0.3, 0.4) is 0 Å². The molecule has 2 rings (SSSR count). The largest absolute Gasteiger partial charge is 0.454 e. The number of hydrogen-bond acceptors (Lipinski definition) is 3. The summed E-state index contributed by atoms with van der Waals surface area (Å²) in [5.74, 6) is -0.169. The Morgan fingerprint density at radius 3 is 2.65 bits per heavy atom. The van der Waals surface area contributed by atoms with Crippen molar-refractivity contribution in [1.29, 1.82) is 0 Å². The lowest BCUT2D eigenvalue weighted by molar-refractivity contribution is 0.00572. The summed E-state index contributed by atoms with van der Waals surface area (Å²) in [4.78, 5) is 19.1. The van der Waals surface area contributed by atoms with Gasteiger partial charge in [-0.2, -0.15) is 0 Å². The van der Waals surface area contributed by atoms with Crippen LogP contribution in [-0.2, 0) is 4.74 Å². The quantitative estimate of drug-likeness (QED) is 0.769. The molecule has 0 aliphatic carbocycles. The summed E-state index contributed by atoms with van der Waals surface area (Å²) in [6.07, 6.45) is 0. The molecule has 0 aliphatic rings. The number of nitrogens with one attached hydrogen (secondary N) is 1. The minimum atomic E-state index is -0.509. The predicted octanol–water partition coefficient (Wildman–Crippen LogP) is 2.83. The highest BCUT2D eigenvalue weighted by atomic mass is 16.6. The second-order valence-corrected chi connectivity index (χ2v) is 5.06. The highest BCUT2D eigenvalue weighted by Crippen LogP contribution is 2.17. The summed E-state index contributed by atoms with van der Waals surface area (Å²) < 4.78 is 5.26. The number of benzene rings is 1. The summed E-state index contributed by atoms with van der Waals surface area (Å²) in [7, 11) is 0. The van der Waals surface area contributed by atoms with Gasteiger partial charge in [0.25, 0.3) is 0 Å². The van der Waals surface area contributed by atoms with Crippen LogP contribution in [0, 0.1) is 6.92 Å². The molecule has 1 N–H and O–H groups in total. The first kappa shape index (κ1) is 11.6. The van der Waals surface area contributed by atoms with Crippen LogP contribution in [0.5, 0.6) is 0 Å². The molecular formula is C13H16N2O2. The Kier molecular flexibility index (Phi) is 2.65. The average Bonchev–Trinajstić information content (AvgIpc) is 2.60. The highest BCUT2D eigenvalue weighted by Gasteiger charge is 2.20. The van der Waals surface area contributed by atoms with Crippen LogP contribution in [0.4, 0.5) is 0 Å². The van der Waals surface area contributed by atoms with Crippen molar-refractivity contribution in [3.8, 4) is 0 Å². The molecule has 0 radical (unpaired) electrons. The minimum absolute atomic E-state index is 0.254. The fraction of sp³-hybridized carbons (Fsp3) is 0.385. The third-order valence-corrected chi connectivity index (χ3v) is 2.31. The first-order chi connectivity index (χ1) is 7.87. The summed E-state index contributed by atoms with van der Waals surface area (Å²) >= 11 is 0. The Bertz CT molecular complexity index is 564. The number of carbonyl (C=O) groups is 1. The van der Waals surface area contributed by atoms with Crippen LogP contribution in [0.15, 0.2) is 18.2 Å². The molecule has 0 atom stereocenters. The number of nitrogens with zero attached hydrogens (tertiary/aromatic N) is 1. The second-order valence-electron chi connectivity index (χ2n) is 5.06. The van der Waals surface area contributed by atoms with E-state index < -0.39 is 11.6 Å². The molecule has 17 heavy (non-hydrogen) atoms. The number of imidazole rings is 1. The van der Waals surface area contributed by atoms with Crippen LogP contribution in [0.2, 0.25) is 0 Å². The van der Waals surface area contributed by atoms with E-state index in [0.29, 0.717) is 0 Å². The van der Waals surface area contributed by atoms with Crippen molar-refractivity contribution < 1.29 is 9.53 Å². The number of aromatic nitrogens is 2. The molecule has 0 aliphatic heterocycles. The molecule has 0 saturated heterocycles. The summed E-state index contributed by atoms with van der Waals surface area (Å²) in [6, 6.07) is 5.78. The molecule has 0 bridgehead atoms. The number of aryl methyl sites for hydroxylation is 1. The predicted molar refractivity (Wildman–Crippen MR) is 66.0 cm³/mol. The average molecular weight is 232 g/mol. The molecule has 0 spiro atoms. The molecule has 0 saturated carbocycles. The summed E-state index contributed by atoms with van der Waals surface area (Å²) in [6.45, 7) is 7.46. The molecule has 90 valence electrons. The zero-order valence-electron chi connectivity index (χ0n) is 10.5. The third-order valence-electron chi connectivity index (χ3n) is 2.31. The van der Waals surface area contributed by atoms with Gasteiger partial charge in [0.15, 0.2) is 0 Å². The fourth-order valence-corrected chi connectivity index (χ4v) is 1.60. The van der Waals surface area contributed by atoms with Gasteiger partial charge in [-0.25, -0.2) is 9.78 Å². The normalized spacial score (nSPS) is 11.8. The van der Waals surface area contributed by atoms with E-state index in [4.69, 9.17) is 4.74 Å². The molecule has 0 amide bonds. The van der Waals surface area contributed by atoms with Gasteiger partial charge in [-0.1, -0.05) is 12.1 Å². The number of ether oxygens (including phenoxy) is 1. The van der Waals surface area contributed by atoms with Gasteiger partial charge in [0.05, 0.1) is 11.0 Å². The van der Waals surface area contributed by atoms with E-state index in [1.165, 1.54) is 0 Å². The Balaban J connectivity index is 2.37. The highest BCUT2D eigenvalue weighted by molar-refractivity contribution is 5.91. The van der Waals surface area contributed by atoms with Crippen molar-refractivity contribution >= 4 is 17.0 Å². The number of hydrogen-bond donors (Lipinski definition) is 1. The molecule has 1 heterocycles. The number of fused-ring (bicyclic) bond motifs is 1. The summed E-state index contributed by atoms with van der Waals surface area (Å²) in [5.41, 5.74) is 2.19. The fourth-order valence-electron chi connectivity index (χ4n) is 1.60. The maximum atomic E-state index is 11.8. The van der Waals surface area contributed by atoms with Crippen LogP contribution in [-0.4, -0.2) is 21.5 Å². The molecule has 1 aromatic carbocycles. The molecule has 1 aromatic heterocycles. The Labute approximate surface area is 100 Å². The van der Waals surface area contributed by atoms with Gasteiger partial charge in [-0.3, -0.25) is 0 Å². The lowest BCUT2D eigenvalue weighted by Crippen LogP contribution is -2.24. The van der Waals surface area contributed by atoms with Crippen molar-refractivity contribution in [3.05, 3.63) is 29.6 Å². The number of rotatable bonds is 1. The van der Waals surface area contributed by atoms with Crippen molar-refractivity contribution in [2.45, 2.75) is 33.3 Å². The van der Waals surface area contributed by atoms with Crippen LogP contribution in [0.25, 0.3) is 11.0 Å². The van der Waals surface area contributed by atoms with Gasteiger partial charge in [0.2, 0.25) is 5.82 Å². The maximum Gasteiger partial charge on any atom is 0.374 e. The van der Waals surface area contributed by atoms with Crippen molar-refractivity contribution in [3.63, 3.8) is 0 Å². The number of aromatic amines is 1. The number of H-pyrrole nitrogens is 1. The first-order valence-electron chi connectivity index (χ1n) is 5.55. The maximum absolute atomic E-state index is 11.8. The molecule has 4 heteroatoms. The zero-order chi connectivity index (χ0) is 12.6. The molecular weight excluding hydrogens is 216 g/mol. The van der Waals surface area contributed by atoms with Gasteiger partial charge in [0, 0.05) is 0 Å². The lowest BCUT2D eigenvalue weighted by atomic mass is 10.2. The Hall–Kier alpha value is -1.84. The minimum Gasteiger partial charge on any atom is -0.454 e. The van der Waals surface area contributed by atoms with E-state index in [0.717, 1.165) is 16.6 Å². The standard InChI is InChI=1S/C13H16N2O2/c1-8-6-5-7-9-10(8)15-11(14-9)12(16)17-13(2,3)4/h5-7H,1-4H3,(H,14,15). The van der Waals surface area contributed by atoms with Crippen molar-refractivity contribution in [2.75, 3.05) is 0 Å². The van der Waals surface area contributed by atoms with Crippen molar-refractivity contribution in [2.24, 2.45) is 0 Å². The zero-order valence-corrected chi connectivity index (χ0v) is 10.5. The first-order valence-corrected chi connectivity index (χ1v) is 5.55. The van der Waals surface area contributed by atoms with Gasteiger partial charge in [-0.15, -0.1) is 0 Å². The van der Waals surface area contributed by atoms with E-state index in [1.807, 2.05) is 45.9 Å². The molecule has 0 unspecified atom stereocenters.